The number of hydrogen-bond donors (Lipinski definition) is 2. The van der Waals surface area contributed by atoms with Gasteiger partial charge in [-0.15, -0.1) is 0 Å². The van der Waals surface area contributed by atoms with Crippen LogP contribution in [0.2, 0.25) is 0 Å². The number of hydrogen-bond acceptors (Lipinski definition) is 3. The summed E-state index contributed by atoms with van der Waals surface area (Å²) in [6.45, 7) is 18.9. The molecular weight excluding hydrogens is 276 g/mol. The molecule has 124 valence electrons. The maximum Gasteiger partial charge on any atom is 0.0140 e. The van der Waals surface area contributed by atoms with E-state index in [1.165, 1.54) is 25.7 Å². The van der Waals surface area contributed by atoms with Crippen molar-refractivity contribution in [1.29, 1.82) is 0 Å². The molecule has 2 saturated heterocycles. The van der Waals surface area contributed by atoms with E-state index in [2.05, 4.69) is 77.8 Å². The Bertz CT molecular complexity index is 317. The van der Waals surface area contributed by atoms with Gasteiger partial charge < -0.3 is 10.6 Å². The SMILES string of the molecule is CC1(C)CC(SC2CC(C)(C)NC(C)(C)C2)CC(C)(C)N1. The van der Waals surface area contributed by atoms with E-state index in [1.807, 2.05) is 0 Å². The summed E-state index contributed by atoms with van der Waals surface area (Å²) in [5.41, 5.74) is 1.05. The number of rotatable bonds is 2. The third kappa shape index (κ3) is 5.14. The molecule has 0 amide bonds. The van der Waals surface area contributed by atoms with Crippen LogP contribution in [-0.4, -0.2) is 32.7 Å². The Morgan fingerprint density at radius 1 is 0.571 bits per heavy atom. The smallest absolute Gasteiger partial charge is 0.0140 e. The zero-order valence-electron chi connectivity index (χ0n) is 15.4. The Morgan fingerprint density at radius 2 is 0.810 bits per heavy atom. The van der Waals surface area contributed by atoms with Crippen molar-refractivity contribution in [1.82, 2.24) is 10.6 Å². The van der Waals surface area contributed by atoms with E-state index in [-0.39, 0.29) is 22.2 Å². The van der Waals surface area contributed by atoms with Gasteiger partial charge in [-0.05, 0) is 81.1 Å². The third-order valence-electron chi connectivity index (χ3n) is 4.69. The molecule has 2 aliphatic heterocycles. The molecule has 0 aliphatic carbocycles. The Balaban J connectivity index is 2.03. The molecule has 0 aromatic heterocycles. The van der Waals surface area contributed by atoms with Crippen molar-refractivity contribution in [2.24, 2.45) is 0 Å². The highest BCUT2D eigenvalue weighted by atomic mass is 32.2. The molecule has 0 atom stereocenters. The fraction of sp³-hybridized carbons (Fsp3) is 1.00. The van der Waals surface area contributed by atoms with E-state index in [0.717, 1.165) is 10.5 Å². The van der Waals surface area contributed by atoms with Gasteiger partial charge in [-0.3, -0.25) is 0 Å². The fourth-order valence-corrected chi connectivity index (χ4v) is 7.52. The van der Waals surface area contributed by atoms with Gasteiger partial charge in [0.1, 0.15) is 0 Å². The van der Waals surface area contributed by atoms with Crippen molar-refractivity contribution in [2.45, 2.75) is 114 Å². The first-order chi connectivity index (χ1) is 9.28. The standard InChI is InChI=1S/C18H36N2S/c1-15(2)9-13(10-16(3,4)19-15)21-14-11-17(5,6)20-18(7,8)12-14/h13-14,19-20H,9-12H2,1-8H3. The fourth-order valence-electron chi connectivity index (χ4n) is 4.92. The lowest BCUT2D eigenvalue weighted by Gasteiger charge is -2.50. The van der Waals surface area contributed by atoms with Gasteiger partial charge in [0.2, 0.25) is 0 Å². The summed E-state index contributed by atoms with van der Waals surface area (Å²) in [6.07, 6.45) is 5.13. The normalized spacial score (nSPS) is 32.0. The Hall–Kier alpha value is 0.270. The van der Waals surface area contributed by atoms with Crippen LogP contribution in [0.25, 0.3) is 0 Å². The van der Waals surface area contributed by atoms with Crippen molar-refractivity contribution < 1.29 is 0 Å². The van der Waals surface area contributed by atoms with Crippen LogP contribution in [-0.2, 0) is 0 Å². The first-order valence-corrected chi connectivity index (χ1v) is 9.46. The molecule has 2 rings (SSSR count). The van der Waals surface area contributed by atoms with Gasteiger partial charge in [0.25, 0.3) is 0 Å². The highest BCUT2D eigenvalue weighted by Crippen LogP contribution is 2.42. The van der Waals surface area contributed by atoms with E-state index in [0.29, 0.717) is 0 Å². The average Bonchev–Trinajstić information content (AvgIpc) is 2.04. The molecule has 0 bridgehead atoms. The lowest BCUT2D eigenvalue weighted by molar-refractivity contribution is 0.180. The van der Waals surface area contributed by atoms with Gasteiger partial charge >= 0.3 is 0 Å². The number of nitrogens with one attached hydrogen (secondary N) is 2. The Labute approximate surface area is 136 Å². The Morgan fingerprint density at radius 3 is 1.05 bits per heavy atom. The van der Waals surface area contributed by atoms with Crippen molar-refractivity contribution in [3.8, 4) is 0 Å². The van der Waals surface area contributed by atoms with Gasteiger partial charge in [-0.25, -0.2) is 0 Å². The van der Waals surface area contributed by atoms with Crippen molar-refractivity contribution in [2.75, 3.05) is 0 Å². The van der Waals surface area contributed by atoms with Crippen molar-refractivity contribution in [3.05, 3.63) is 0 Å². The third-order valence-corrected chi connectivity index (χ3v) is 6.13. The minimum absolute atomic E-state index is 0.261. The van der Waals surface area contributed by atoms with E-state index in [9.17, 15) is 0 Å². The van der Waals surface area contributed by atoms with Crippen LogP contribution in [0.15, 0.2) is 0 Å². The van der Waals surface area contributed by atoms with Crippen molar-refractivity contribution >= 4 is 11.8 Å². The van der Waals surface area contributed by atoms with Crippen LogP contribution in [0.4, 0.5) is 0 Å². The summed E-state index contributed by atoms with van der Waals surface area (Å²) in [7, 11) is 0. The second-order valence-electron chi connectivity index (χ2n) is 9.98. The molecule has 0 aromatic carbocycles. The first kappa shape index (κ1) is 17.6. The monoisotopic (exact) mass is 312 g/mol. The molecule has 2 nitrogen and oxygen atoms in total. The largest absolute Gasteiger partial charge is 0.307 e. The minimum atomic E-state index is 0.261. The average molecular weight is 313 g/mol. The molecule has 2 fully saturated rings. The van der Waals surface area contributed by atoms with E-state index >= 15 is 0 Å². The molecule has 3 heteroatoms. The van der Waals surface area contributed by atoms with Crippen LogP contribution in [0.3, 0.4) is 0 Å². The summed E-state index contributed by atoms with van der Waals surface area (Å²) >= 11 is 2.27. The van der Waals surface area contributed by atoms with Crippen LogP contribution in [0.5, 0.6) is 0 Å². The van der Waals surface area contributed by atoms with Gasteiger partial charge in [0.15, 0.2) is 0 Å². The molecule has 0 saturated carbocycles. The zero-order chi connectivity index (χ0) is 16.1. The highest BCUT2D eigenvalue weighted by Gasteiger charge is 2.42. The van der Waals surface area contributed by atoms with E-state index in [1.54, 1.807) is 0 Å². The summed E-state index contributed by atoms with van der Waals surface area (Å²) in [4.78, 5) is 0. The lowest BCUT2D eigenvalue weighted by Crippen LogP contribution is -2.60. The van der Waals surface area contributed by atoms with Crippen LogP contribution in [0, 0.1) is 0 Å². The van der Waals surface area contributed by atoms with Crippen molar-refractivity contribution in [3.63, 3.8) is 0 Å². The quantitative estimate of drug-likeness (QED) is 0.793. The molecule has 2 aliphatic rings. The molecular formula is C18H36N2S. The predicted octanol–water partition coefficient (Wildman–Crippen LogP) is 4.34. The Kier molecular flexibility index (Phi) is 4.55. The zero-order valence-corrected chi connectivity index (χ0v) is 16.2. The molecule has 0 spiro atoms. The lowest BCUT2D eigenvalue weighted by atomic mass is 9.82. The molecule has 0 radical (unpaired) electrons. The van der Waals surface area contributed by atoms with E-state index in [4.69, 9.17) is 0 Å². The minimum Gasteiger partial charge on any atom is -0.307 e. The molecule has 2 N–H and O–H groups in total. The second-order valence-corrected chi connectivity index (χ2v) is 11.6. The number of thioether (sulfide) groups is 1. The topological polar surface area (TPSA) is 24.1 Å². The summed E-state index contributed by atoms with van der Waals surface area (Å²) < 4.78 is 0. The van der Waals surface area contributed by atoms with Gasteiger partial charge in [0.05, 0.1) is 0 Å². The summed E-state index contributed by atoms with van der Waals surface area (Å²) in [6, 6.07) is 0. The molecule has 0 unspecified atom stereocenters. The summed E-state index contributed by atoms with van der Waals surface area (Å²) in [5, 5.41) is 9.18. The van der Waals surface area contributed by atoms with E-state index < -0.39 is 0 Å². The van der Waals surface area contributed by atoms with Crippen LogP contribution >= 0.6 is 11.8 Å². The summed E-state index contributed by atoms with van der Waals surface area (Å²) in [5.74, 6) is 0. The maximum atomic E-state index is 3.81. The molecule has 2 heterocycles. The number of piperidine rings is 2. The van der Waals surface area contributed by atoms with Gasteiger partial charge in [0, 0.05) is 32.7 Å². The maximum absolute atomic E-state index is 3.81. The van der Waals surface area contributed by atoms with Gasteiger partial charge in [-0.1, -0.05) is 0 Å². The van der Waals surface area contributed by atoms with Crippen LogP contribution < -0.4 is 10.6 Å². The molecule has 0 aromatic rings. The van der Waals surface area contributed by atoms with Gasteiger partial charge in [-0.2, -0.15) is 11.8 Å². The molecule has 21 heavy (non-hydrogen) atoms. The second kappa shape index (κ2) is 5.42. The van der Waals surface area contributed by atoms with Crippen LogP contribution in [0.1, 0.15) is 81.1 Å². The first-order valence-electron chi connectivity index (χ1n) is 8.52. The predicted molar refractivity (Wildman–Crippen MR) is 96.2 cm³/mol. The highest BCUT2D eigenvalue weighted by molar-refractivity contribution is 8.00.